The first-order chi connectivity index (χ1) is 8.25. The molecule has 0 spiro atoms. The third-order valence-corrected chi connectivity index (χ3v) is 5.11. The summed E-state index contributed by atoms with van der Waals surface area (Å²) in [5.74, 6) is 1.93. The van der Waals surface area contributed by atoms with Crippen LogP contribution in [0.15, 0.2) is 0 Å². The van der Waals surface area contributed by atoms with Crippen molar-refractivity contribution in [3.63, 3.8) is 0 Å². The molecule has 0 aliphatic heterocycles. The second kappa shape index (κ2) is 6.78. The molecule has 0 amide bonds. The van der Waals surface area contributed by atoms with Gasteiger partial charge in [0.25, 0.3) is 0 Å². The van der Waals surface area contributed by atoms with E-state index in [1.165, 1.54) is 64.2 Å². The van der Waals surface area contributed by atoms with Crippen molar-refractivity contribution in [2.75, 3.05) is 0 Å². The highest BCUT2D eigenvalue weighted by molar-refractivity contribution is 4.81. The van der Waals surface area contributed by atoms with E-state index in [1.807, 2.05) is 0 Å². The van der Waals surface area contributed by atoms with Crippen molar-refractivity contribution in [1.29, 1.82) is 0 Å². The molecule has 0 heterocycles. The largest absolute Gasteiger partial charge is 0.311 e. The zero-order valence-corrected chi connectivity index (χ0v) is 11.9. The zero-order valence-electron chi connectivity index (χ0n) is 11.9. The second-order valence-corrected chi connectivity index (χ2v) is 6.66. The molecule has 0 aromatic carbocycles. The maximum Gasteiger partial charge on any atom is 0.00697 e. The molecule has 2 unspecified atom stereocenters. The van der Waals surface area contributed by atoms with Gasteiger partial charge in [-0.3, -0.25) is 0 Å². The molecular weight excluding hydrogens is 206 g/mol. The van der Waals surface area contributed by atoms with Gasteiger partial charge in [-0.05, 0) is 50.9 Å². The molecule has 3 atom stereocenters. The molecule has 17 heavy (non-hydrogen) atoms. The molecule has 0 aromatic heterocycles. The van der Waals surface area contributed by atoms with Crippen LogP contribution in [0.5, 0.6) is 0 Å². The summed E-state index contributed by atoms with van der Waals surface area (Å²) in [6.07, 6.45) is 14.5. The molecule has 2 fully saturated rings. The van der Waals surface area contributed by atoms with E-state index in [9.17, 15) is 0 Å². The highest BCUT2D eigenvalue weighted by Gasteiger charge is 2.23. The van der Waals surface area contributed by atoms with Crippen LogP contribution < -0.4 is 5.32 Å². The Morgan fingerprint density at radius 2 is 1.59 bits per heavy atom. The Hall–Kier alpha value is -0.0400. The molecule has 2 rings (SSSR count). The summed E-state index contributed by atoms with van der Waals surface area (Å²) < 4.78 is 0. The van der Waals surface area contributed by atoms with E-state index >= 15 is 0 Å². The monoisotopic (exact) mass is 237 g/mol. The van der Waals surface area contributed by atoms with E-state index in [2.05, 4.69) is 19.2 Å². The first kappa shape index (κ1) is 13.4. The van der Waals surface area contributed by atoms with Crippen molar-refractivity contribution in [3.05, 3.63) is 0 Å². The Labute approximate surface area is 108 Å². The molecule has 2 aliphatic carbocycles. The van der Waals surface area contributed by atoms with Gasteiger partial charge in [-0.1, -0.05) is 39.0 Å². The molecule has 1 nitrogen and oxygen atoms in total. The van der Waals surface area contributed by atoms with Gasteiger partial charge >= 0.3 is 0 Å². The molecule has 100 valence electrons. The number of nitrogens with one attached hydrogen (secondary N) is 1. The van der Waals surface area contributed by atoms with Crippen LogP contribution in [0, 0.1) is 11.8 Å². The Kier molecular flexibility index (Phi) is 5.34. The molecule has 1 N–H and O–H groups in total. The number of hydrogen-bond acceptors (Lipinski definition) is 1. The topological polar surface area (TPSA) is 12.0 Å². The van der Waals surface area contributed by atoms with Crippen LogP contribution in [0.4, 0.5) is 0 Å². The van der Waals surface area contributed by atoms with Crippen molar-refractivity contribution in [2.24, 2.45) is 11.8 Å². The summed E-state index contributed by atoms with van der Waals surface area (Å²) in [4.78, 5) is 0. The van der Waals surface area contributed by atoms with Crippen molar-refractivity contribution in [2.45, 2.75) is 90.1 Å². The Morgan fingerprint density at radius 3 is 2.35 bits per heavy atom. The van der Waals surface area contributed by atoms with Crippen LogP contribution in [-0.4, -0.2) is 12.1 Å². The minimum atomic E-state index is 0.758. The molecule has 0 aromatic rings. The van der Waals surface area contributed by atoms with Crippen LogP contribution in [0.25, 0.3) is 0 Å². The van der Waals surface area contributed by atoms with Crippen LogP contribution in [0.1, 0.15) is 78.1 Å². The van der Waals surface area contributed by atoms with Crippen molar-refractivity contribution >= 4 is 0 Å². The van der Waals surface area contributed by atoms with Gasteiger partial charge in [0.05, 0.1) is 0 Å². The van der Waals surface area contributed by atoms with Crippen molar-refractivity contribution in [3.8, 4) is 0 Å². The molecule has 0 bridgehead atoms. The third kappa shape index (κ3) is 4.28. The standard InChI is InChI=1S/C16H31N/c1-13-7-6-10-16(12-11-13)17-14(2)15-8-4-3-5-9-15/h13-17H,3-12H2,1-2H3/t13?,14-,16?/m0/s1. The summed E-state index contributed by atoms with van der Waals surface area (Å²) in [6, 6.07) is 1.57. The highest BCUT2D eigenvalue weighted by Crippen LogP contribution is 2.28. The lowest BCUT2D eigenvalue weighted by molar-refractivity contribution is 0.256. The zero-order chi connectivity index (χ0) is 12.1. The van der Waals surface area contributed by atoms with Crippen LogP contribution in [0.2, 0.25) is 0 Å². The van der Waals surface area contributed by atoms with Gasteiger partial charge in [-0.25, -0.2) is 0 Å². The van der Waals surface area contributed by atoms with Gasteiger partial charge in [0.2, 0.25) is 0 Å². The molecule has 2 aliphatic rings. The highest BCUT2D eigenvalue weighted by atomic mass is 14.9. The van der Waals surface area contributed by atoms with E-state index in [-0.39, 0.29) is 0 Å². The van der Waals surface area contributed by atoms with Crippen LogP contribution in [-0.2, 0) is 0 Å². The molecule has 2 saturated carbocycles. The average Bonchev–Trinajstić information content (AvgIpc) is 2.56. The minimum Gasteiger partial charge on any atom is -0.311 e. The lowest BCUT2D eigenvalue weighted by Crippen LogP contribution is -2.41. The maximum atomic E-state index is 3.95. The average molecular weight is 237 g/mol. The first-order valence-electron chi connectivity index (χ1n) is 8.01. The van der Waals surface area contributed by atoms with Gasteiger partial charge in [-0.15, -0.1) is 0 Å². The summed E-state index contributed by atoms with van der Waals surface area (Å²) in [5, 5.41) is 3.95. The summed E-state index contributed by atoms with van der Waals surface area (Å²) in [7, 11) is 0. The number of rotatable bonds is 3. The summed E-state index contributed by atoms with van der Waals surface area (Å²) >= 11 is 0. The normalized spacial score (nSPS) is 34.2. The SMILES string of the molecule is CC1CCCC(N[C@@H](C)C2CCCCC2)CC1. The van der Waals surface area contributed by atoms with E-state index in [1.54, 1.807) is 0 Å². The Bertz CT molecular complexity index is 208. The van der Waals surface area contributed by atoms with E-state index in [4.69, 9.17) is 0 Å². The van der Waals surface area contributed by atoms with Crippen LogP contribution in [0.3, 0.4) is 0 Å². The fourth-order valence-electron chi connectivity index (χ4n) is 3.80. The lowest BCUT2D eigenvalue weighted by atomic mass is 9.84. The predicted octanol–water partition coefficient (Wildman–Crippen LogP) is 4.51. The van der Waals surface area contributed by atoms with Gasteiger partial charge in [0, 0.05) is 12.1 Å². The van der Waals surface area contributed by atoms with Gasteiger partial charge in [0.1, 0.15) is 0 Å². The lowest BCUT2D eigenvalue weighted by Gasteiger charge is -2.31. The van der Waals surface area contributed by atoms with Gasteiger partial charge in [0.15, 0.2) is 0 Å². The smallest absolute Gasteiger partial charge is 0.00697 e. The minimum absolute atomic E-state index is 0.758. The summed E-state index contributed by atoms with van der Waals surface area (Å²) in [5.41, 5.74) is 0. The third-order valence-electron chi connectivity index (χ3n) is 5.11. The molecule has 0 radical (unpaired) electrons. The summed E-state index contributed by atoms with van der Waals surface area (Å²) in [6.45, 7) is 4.86. The van der Waals surface area contributed by atoms with Gasteiger partial charge < -0.3 is 5.32 Å². The molecule has 0 saturated heterocycles. The van der Waals surface area contributed by atoms with Gasteiger partial charge in [-0.2, -0.15) is 0 Å². The van der Waals surface area contributed by atoms with Crippen molar-refractivity contribution in [1.82, 2.24) is 5.32 Å². The van der Waals surface area contributed by atoms with E-state index < -0.39 is 0 Å². The predicted molar refractivity (Wildman–Crippen MR) is 75.2 cm³/mol. The fraction of sp³-hybridized carbons (Fsp3) is 1.00. The molecular formula is C16H31N. The van der Waals surface area contributed by atoms with E-state index in [0.717, 1.165) is 23.9 Å². The second-order valence-electron chi connectivity index (χ2n) is 6.66. The quantitative estimate of drug-likeness (QED) is 0.712. The van der Waals surface area contributed by atoms with E-state index in [0.29, 0.717) is 0 Å². The van der Waals surface area contributed by atoms with Crippen LogP contribution >= 0.6 is 0 Å². The molecule has 1 heteroatoms. The first-order valence-corrected chi connectivity index (χ1v) is 8.01. The fourth-order valence-corrected chi connectivity index (χ4v) is 3.80. The van der Waals surface area contributed by atoms with Crippen molar-refractivity contribution < 1.29 is 0 Å². The Balaban J connectivity index is 1.74. The maximum absolute atomic E-state index is 3.95. The number of hydrogen-bond donors (Lipinski definition) is 1. The Morgan fingerprint density at radius 1 is 0.824 bits per heavy atom.